The normalized spacial score (nSPS) is 13.7. The third-order valence-corrected chi connectivity index (χ3v) is 5.99. The molecule has 5 rings (SSSR count). The van der Waals surface area contributed by atoms with E-state index in [0.29, 0.717) is 5.13 Å². The molecule has 0 fully saturated rings. The summed E-state index contributed by atoms with van der Waals surface area (Å²) < 4.78 is 0. The number of para-hydroxylation sites is 1. The number of nitrogens with zero attached hydrogens (tertiary/aromatic N) is 5. The molecule has 1 aliphatic rings. The first-order valence-electron chi connectivity index (χ1n) is 9.78. The second-order valence-electron chi connectivity index (χ2n) is 7.14. The van der Waals surface area contributed by atoms with Gasteiger partial charge in [0.25, 0.3) is 5.91 Å². The standard InChI is InChI=1S/C22H20N6OS/c29-21(19-13-23-28(26-19)17-9-5-2-6-10-17)25-22-24-18-11-12-27(15-20(18)30-22)14-16-7-3-1-4-8-16/h1-10,13H,11-12,14-15H2,(H,24,25,29). The lowest BCUT2D eigenvalue weighted by Crippen LogP contribution is -2.29. The summed E-state index contributed by atoms with van der Waals surface area (Å²) in [7, 11) is 0. The maximum absolute atomic E-state index is 12.6. The van der Waals surface area contributed by atoms with E-state index in [1.165, 1.54) is 32.8 Å². The number of amides is 1. The van der Waals surface area contributed by atoms with E-state index in [0.717, 1.165) is 37.4 Å². The zero-order chi connectivity index (χ0) is 20.3. The van der Waals surface area contributed by atoms with E-state index in [4.69, 9.17) is 0 Å². The average molecular weight is 417 g/mol. The molecule has 0 radical (unpaired) electrons. The molecule has 0 aliphatic carbocycles. The fraction of sp³-hybridized carbons (Fsp3) is 0.182. The number of benzene rings is 2. The van der Waals surface area contributed by atoms with Crippen LogP contribution in [0.4, 0.5) is 5.13 Å². The Bertz CT molecular complexity index is 1150. The lowest BCUT2D eigenvalue weighted by atomic mass is 10.1. The van der Waals surface area contributed by atoms with Crippen LogP contribution in [-0.4, -0.2) is 37.3 Å². The maximum Gasteiger partial charge on any atom is 0.279 e. The smallest absolute Gasteiger partial charge is 0.279 e. The zero-order valence-corrected chi connectivity index (χ0v) is 17.0. The Morgan fingerprint density at radius 2 is 1.83 bits per heavy atom. The van der Waals surface area contributed by atoms with Gasteiger partial charge in [-0.05, 0) is 17.7 Å². The summed E-state index contributed by atoms with van der Waals surface area (Å²) in [5.41, 5.74) is 3.45. The predicted molar refractivity (Wildman–Crippen MR) is 116 cm³/mol. The van der Waals surface area contributed by atoms with Crippen LogP contribution in [0.25, 0.3) is 5.69 Å². The van der Waals surface area contributed by atoms with Crippen molar-refractivity contribution in [2.24, 2.45) is 0 Å². The third kappa shape index (κ3) is 4.00. The van der Waals surface area contributed by atoms with Crippen LogP contribution in [0.5, 0.6) is 0 Å². The molecule has 1 amide bonds. The van der Waals surface area contributed by atoms with Gasteiger partial charge in [-0.2, -0.15) is 9.90 Å². The zero-order valence-electron chi connectivity index (χ0n) is 16.2. The van der Waals surface area contributed by atoms with Crippen molar-refractivity contribution in [3.8, 4) is 5.69 Å². The van der Waals surface area contributed by atoms with Crippen LogP contribution in [0.1, 0.15) is 26.6 Å². The van der Waals surface area contributed by atoms with Gasteiger partial charge in [0, 0.05) is 30.9 Å². The van der Waals surface area contributed by atoms with Crippen molar-refractivity contribution in [3.05, 3.63) is 88.7 Å². The molecule has 1 aliphatic heterocycles. The highest BCUT2D eigenvalue weighted by Gasteiger charge is 2.22. The highest BCUT2D eigenvalue weighted by Crippen LogP contribution is 2.29. The molecule has 0 atom stereocenters. The van der Waals surface area contributed by atoms with Crippen molar-refractivity contribution in [2.45, 2.75) is 19.5 Å². The molecule has 2 aromatic carbocycles. The van der Waals surface area contributed by atoms with E-state index >= 15 is 0 Å². The highest BCUT2D eigenvalue weighted by atomic mass is 32.1. The predicted octanol–water partition coefficient (Wildman–Crippen LogP) is 3.53. The van der Waals surface area contributed by atoms with Crippen LogP contribution in [0.3, 0.4) is 0 Å². The van der Waals surface area contributed by atoms with Crippen molar-refractivity contribution in [2.75, 3.05) is 11.9 Å². The first-order valence-corrected chi connectivity index (χ1v) is 10.6. The van der Waals surface area contributed by atoms with E-state index < -0.39 is 0 Å². The molecule has 8 heteroatoms. The van der Waals surface area contributed by atoms with E-state index in [9.17, 15) is 4.79 Å². The number of nitrogens with one attached hydrogen (secondary N) is 1. The molecule has 30 heavy (non-hydrogen) atoms. The molecule has 0 spiro atoms. The van der Waals surface area contributed by atoms with Gasteiger partial charge >= 0.3 is 0 Å². The molecule has 0 bridgehead atoms. The molecule has 0 saturated carbocycles. The summed E-state index contributed by atoms with van der Waals surface area (Å²) in [5, 5.41) is 12.0. The number of thiazole rings is 1. The summed E-state index contributed by atoms with van der Waals surface area (Å²) in [6.07, 6.45) is 2.36. The third-order valence-electron chi connectivity index (χ3n) is 4.99. The van der Waals surface area contributed by atoms with Crippen LogP contribution in [0, 0.1) is 0 Å². The number of carbonyl (C=O) groups is 1. The Morgan fingerprint density at radius 3 is 2.63 bits per heavy atom. The molecular weight excluding hydrogens is 396 g/mol. The Hall–Kier alpha value is -3.36. The van der Waals surface area contributed by atoms with Crippen molar-refractivity contribution in [3.63, 3.8) is 0 Å². The summed E-state index contributed by atoms with van der Waals surface area (Å²) >= 11 is 1.54. The summed E-state index contributed by atoms with van der Waals surface area (Å²) in [6, 6.07) is 20.0. The number of hydrogen-bond donors (Lipinski definition) is 1. The fourth-order valence-electron chi connectivity index (χ4n) is 3.49. The van der Waals surface area contributed by atoms with Gasteiger partial charge in [-0.25, -0.2) is 4.98 Å². The number of anilines is 1. The SMILES string of the molecule is O=C(Nc1nc2c(s1)CN(Cc1ccccc1)CC2)c1cnn(-c2ccccc2)n1. The minimum absolute atomic E-state index is 0.262. The fourth-order valence-corrected chi connectivity index (χ4v) is 4.54. The second kappa shape index (κ2) is 8.17. The van der Waals surface area contributed by atoms with E-state index in [1.807, 2.05) is 36.4 Å². The number of fused-ring (bicyclic) bond motifs is 1. The van der Waals surface area contributed by atoms with Gasteiger partial charge in [0.15, 0.2) is 10.8 Å². The van der Waals surface area contributed by atoms with Gasteiger partial charge < -0.3 is 0 Å². The number of rotatable bonds is 5. The van der Waals surface area contributed by atoms with Crippen molar-refractivity contribution in [1.82, 2.24) is 24.9 Å². The largest absolute Gasteiger partial charge is 0.296 e. The van der Waals surface area contributed by atoms with Crippen LogP contribution < -0.4 is 5.32 Å². The maximum atomic E-state index is 12.6. The van der Waals surface area contributed by atoms with Crippen LogP contribution in [0.15, 0.2) is 66.9 Å². The number of aromatic nitrogens is 4. The second-order valence-corrected chi connectivity index (χ2v) is 8.23. The highest BCUT2D eigenvalue weighted by molar-refractivity contribution is 7.15. The molecule has 2 aromatic heterocycles. The summed E-state index contributed by atoms with van der Waals surface area (Å²) in [6.45, 7) is 2.73. The molecule has 150 valence electrons. The van der Waals surface area contributed by atoms with E-state index in [1.54, 1.807) is 0 Å². The van der Waals surface area contributed by atoms with Gasteiger partial charge in [-0.3, -0.25) is 15.0 Å². The lowest BCUT2D eigenvalue weighted by Gasteiger charge is -2.25. The van der Waals surface area contributed by atoms with Crippen molar-refractivity contribution in [1.29, 1.82) is 0 Å². The lowest BCUT2D eigenvalue weighted by molar-refractivity contribution is 0.102. The van der Waals surface area contributed by atoms with Gasteiger partial charge in [0.1, 0.15) is 0 Å². The van der Waals surface area contributed by atoms with Crippen LogP contribution in [0.2, 0.25) is 0 Å². The molecule has 4 aromatic rings. The van der Waals surface area contributed by atoms with Gasteiger partial charge in [-0.15, -0.1) is 16.4 Å². The van der Waals surface area contributed by atoms with Gasteiger partial charge in [-0.1, -0.05) is 48.5 Å². The van der Waals surface area contributed by atoms with Gasteiger partial charge in [0.2, 0.25) is 0 Å². The molecule has 7 nitrogen and oxygen atoms in total. The minimum Gasteiger partial charge on any atom is -0.296 e. The van der Waals surface area contributed by atoms with E-state index in [-0.39, 0.29) is 11.6 Å². The number of carbonyl (C=O) groups excluding carboxylic acids is 1. The van der Waals surface area contributed by atoms with Gasteiger partial charge in [0.05, 0.1) is 17.6 Å². The first-order chi connectivity index (χ1) is 14.7. The van der Waals surface area contributed by atoms with Crippen molar-refractivity contribution < 1.29 is 4.79 Å². The van der Waals surface area contributed by atoms with Crippen LogP contribution in [-0.2, 0) is 19.5 Å². The average Bonchev–Trinajstić information content (AvgIpc) is 3.42. The Labute approximate surface area is 178 Å². The quantitative estimate of drug-likeness (QED) is 0.539. The monoisotopic (exact) mass is 416 g/mol. The van der Waals surface area contributed by atoms with E-state index in [2.05, 4.69) is 49.7 Å². The molecule has 1 N–H and O–H groups in total. The Balaban J connectivity index is 1.25. The topological polar surface area (TPSA) is 75.9 Å². The number of hydrogen-bond acceptors (Lipinski definition) is 6. The molecule has 3 heterocycles. The Morgan fingerprint density at radius 1 is 1.07 bits per heavy atom. The first kappa shape index (κ1) is 18.7. The molecule has 0 unspecified atom stereocenters. The molecular formula is C22H20N6OS. The summed E-state index contributed by atoms with van der Waals surface area (Å²) in [4.78, 5) is 22.3. The summed E-state index contributed by atoms with van der Waals surface area (Å²) in [5.74, 6) is -0.301. The van der Waals surface area contributed by atoms with Crippen LogP contribution >= 0.6 is 11.3 Å². The molecule has 0 saturated heterocycles. The van der Waals surface area contributed by atoms with Crippen molar-refractivity contribution >= 4 is 22.4 Å². The minimum atomic E-state index is -0.301. The Kier molecular flexibility index (Phi) is 5.08.